The van der Waals surface area contributed by atoms with Crippen molar-refractivity contribution < 1.29 is 8.78 Å². The molecule has 0 bridgehead atoms. The molecule has 1 nitrogen and oxygen atoms in total. The van der Waals surface area contributed by atoms with E-state index in [0.29, 0.717) is 0 Å². The fourth-order valence-electron chi connectivity index (χ4n) is 2.45. The van der Waals surface area contributed by atoms with Gasteiger partial charge in [-0.2, -0.15) is 0 Å². The van der Waals surface area contributed by atoms with Crippen molar-refractivity contribution in [1.82, 2.24) is 0 Å². The topological polar surface area (TPSA) is 26.0 Å². The van der Waals surface area contributed by atoms with Gasteiger partial charge in [0.15, 0.2) is 0 Å². The summed E-state index contributed by atoms with van der Waals surface area (Å²) in [7, 11) is 0. The first-order valence-electron chi connectivity index (χ1n) is 4.60. The number of hydrogen-bond acceptors (Lipinski definition) is 1. The van der Waals surface area contributed by atoms with Crippen LogP contribution < -0.4 is 5.73 Å². The highest BCUT2D eigenvalue weighted by Gasteiger charge is 2.61. The fraction of sp³-hybridized carbons (Fsp3) is 1.00. The summed E-state index contributed by atoms with van der Waals surface area (Å²) in [6, 6.07) is 0.0959. The molecule has 12 heavy (non-hydrogen) atoms. The minimum absolute atomic E-state index is 0.0779. The van der Waals surface area contributed by atoms with Crippen molar-refractivity contribution in [3.8, 4) is 0 Å². The van der Waals surface area contributed by atoms with Crippen molar-refractivity contribution in [1.29, 1.82) is 0 Å². The summed E-state index contributed by atoms with van der Waals surface area (Å²) in [5.41, 5.74) is 5.89. The van der Waals surface area contributed by atoms with Gasteiger partial charge in [0.1, 0.15) is 0 Å². The first kappa shape index (κ1) is 8.42. The smallest absolute Gasteiger partial charge is 0.248 e. The summed E-state index contributed by atoms with van der Waals surface area (Å²) >= 11 is 0. The van der Waals surface area contributed by atoms with E-state index in [9.17, 15) is 8.78 Å². The molecule has 1 atom stereocenters. The van der Waals surface area contributed by atoms with Crippen LogP contribution in [-0.2, 0) is 0 Å². The summed E-state index contributed by atoms with van der Waals surface area (Å²) in [6.07, 6.45) is 2.28. The maximum Gasteiger partial charge on any atom is 0.248 e. The van der Waals surface area contributed by atoms with Crippen LogP contribution in [0.1, 0.15) is 32.6 Å². The van der Waals surface area contributed by atoms with Crippen LogP contribution in [0.25, 0.3) is 0 Å². The van der Waals surface area contributed by atoms with Crippen LogP contribution in [0, 0.1) is 11.3 Å². The van der Waals surface area contributed by atoms with E-state index in [-0.39, 0.29) is 30.2 Å². The second-order valence-corrected chi connectivity index (χ2v) is 4.48. The quantitative estimate of drug-likeness (QED) is 0.683. The Morgan fingerprint density at radius 1 is 1.33 bits per heavy atom. The minimum atomic E-state index is -2.38. The van der Waals surface area contributed by atoms with Gasteiger partial charge in [-0.05, 0) is 31.1 Å². The van der Waals surface area contributed by atoms with E-state index >= 15 is 0 Å². The summed E-state index contributed by atoms with van der Waals surface area (Å²) < 4.78 is 25.1. The van der Waals surface area contributed by atoms with E-state index < -0.39 is 5.92 Å². The van der Waals surface area contributed by atoms with Gasteiger partial charge in [-0.3, -0.25) is 0 Å². The van der Waals surface area contributed by atoms with Crippen molar-refractivity contribution in [2.24, 2.45) is 17.1 Å². The highest BCUT2D eigenvalue weighted by molar-refractivity contribution is 5.09. The molecule has 2 aliphatic rings. The highest BCUT2D eigenvalue weighted by Crippen LogP contribution is 2.63. The second-order valence-electron chi connectivity index (χ2n) is 4.48. The van der Waals surface area contributed by atoms with E-state index in [1.807, 2.05) is 6.92 Å². The predicted molar refractivity (Wildman–Crippen MR) is 43.0 cm³/mol. The molecule has 0 spiro atoms. The van der Waals surface area contributed by atoms with Crippen LogP contribution >= 0.6 is 0 Å². The fourth-order valence-corrected chi connectivity index (χ4v) is 2.45. The maximum atomic E-state index is 12.6. The molecule has 3 heteroatoms. The number of rotatable bonds is 2. The number of halogens is 2. The zero-order chi connectivity index (χ0) is 8.98. The van der Waals surface area contributed by atoms with Gasteiger partial charge in [0.05, 0.1) is 0 Å². The van der Waals surface area contributed by atoms with Crippen LogP contribution in [0.4, 0.5) is 8.78 Å². The van der Waals surface area contributed by atoms with Crippen LogP contribution in [0.15, 0.2) is 0 Å². The lowest BCUT2D eigenvalue weighted by Crippen LogP contribution is -2.46. The first-order chi connectivity index (χ1) is 5.46. The Bertz CT molecular complexity index is 189. The lowest BCUT2D eigenvalue weighted by molar-refractivity contribution is -0.133. The van der Waals surface area contributed by atoms with Crippen LogP contribution in [-0.4, -0.2) is 12.0 Å². The molecule has 0 amide bonds. The molecule has 0 saturated heterocycles. The molecule has 0 aromatic rings. The first-order valence-corrected chi connectivity index (χ1v) is 4.60. The van der Waals surface area contributed by atoms with E-state index in [1.165, 1.54) is 0 Å². The average Bonchev–Trinajstić information content (AvgIpc) is 2.60. The summed E-state index contributed by atoms with van der Waals surface area (Å²) in [4.78, 5) is 0. The summed E-state index contributed by atoms with van der Waals surface area (Å²) in [5.74, 6) is -2.18. The minimum Gasteiger partial charge on any atom is -0.327 e. The zero-order valence-electron chi connectivity index (χ0n) is 7.32. The lowest BCUT2D eigenvalue weighted by Gasteiger charge is -2.42. The van der Waals surface area contributed by atoms with Gasteiger partial charge < -0.3 is 5.73 Å². The molecule has 0 aromatic carbocycles. The van der Waals surface area contributed by atoms with Crippen LogP contribution in [0.5, 0.6) is 0 Å². The third-order valence-corrected chi connectivity index (χ3v) is 3.64. The Hall–Kier alpha value is -0.180. The Balaban J connectivity index is 1.96. The molecule has 2 aliphatic carbocycles. The molecule has 2 fully saturated rings. The molecule has 2 saturated carbocycles. The van der Waals surface area contributed by atoms with Crippen molar-refractivity contribution in [2.75, 3.05) is 0 Å². The number of nitrogens with two attached hydrogens (primary N) is 1. The molecular formula is C9H15F2N. The normalized spacial score (nSPS) is 34.0. The third kappa shape index (κ3) is 1.06. The van der Waals surface area contributed by atoms with Gasteiger partial charge in [-0.15, -0.1) is 0 Å². The van der Waals surface area contributed by atoms with Gasteiger partial charge in [0.2, 0.25) is 5.92 Å². The van der Waals surface area contributed by atoms with Gasteiger partial charge >= 0.3 is 0 Å². The van der Waals surface area contributed by atoms with Crippen molar-refractivity contribution in [3.05, 3.63) is 0 Å². The Kier molecular flexibility index (Phi) is 1.54. The molecular weight excluding hydrogens is 160 g/mol. The van der Waals surface area contributed by atoms with Gasteiger partial charge in [-0.1, -0.05) is 0 Å². The molecule has 0 heterocycles. The van der Waals surface area contributed by atoms with Crippen molar-refractivity contribution in [3.63, 3.8) is 0 Å². The third-order valence-electron chi connectivity index (χ3n) is 3.64. The molecule has 2 N–H and O–H groups in total. The van der Waals surface area contributed by atoms with E-state index in [0.717, 1.165) is 12.8 Å². The Morgan fingerprint density at radius 2 is 1.83 bits per heavy atom. The van der Waals surface area contributed by atoms with E-state index in [4.69, 9.17) is 5.73 Å². The van der Waals surface area contributed by atoms with E-state index in [2.05, 4.69) is 0 Å². The van der Waals surface area contributed by atoms with Gasteiger partial charge in [0.25, 0.3) is 0 Å². The Morgan fingerprint density at radius 3 is 2.08 bits per heavy atom. The lowest BCUT2D eigenvalue weighted by atomic mass is 9.68. The molecule has 70 valence electrons. The maximum absolute atomic E-state index is 12.6. The standard InChI is InChI=1S/C9H15F2N/c1-6(12)8(2-3-8)7-4-9(10,11)5-7/h6-7H,2-5,12H2,1H3. The molecule has 0 aliphatic heterocycles. The van der Waals surface area contributed by atoms with E-state index in [1.54, 1.807) is 0 Å². The molecule has 0 aromatic heterocycles. The Labute approximate surface area is 71.3 Å². The van der Waals surface area contributed by atoms with Gasteiger partial charge in [0, 0.05) is 18.9 Å². The highest BCUT2D eigenvalue weighted by atomic mass is 19.3. The molecule has 0 radical (unpaired) electrons. The van der Waals surface area contributed by atoms with Crippen molar-refractivity contribution >= 4 is 0 Å². The monoisotopic (exact) mass is 175 g/mol. The van der Waals surface area contributed by atoms with Crippen LogP contribution in [0.3, 0.4) is 0 Å². The van der Waals surface area contributed by atoms with Gasteiger partial charge in [-0.25, -0.2) is 8.78 Å². The SMILES string of the molecule is CC(N)C1(C2CC(F)(F)C2)CC1. The van der Waals surface area contributed by atoms with Crippen LogP contribution in [0.2, 0.25) is 0 Å². The van der Waals surface area contributed by atoms with Crippen molar-refractivity contribution in [2.45, 2.75) is 44.6 Å². The molecule has 1 unspecified atom stereocenters. The summed E-state index contributed by atoms with van der Waals surface area (Å²) in [6.45, 7) is 1.95. The number of alkyl halides is 2. The second kappa shape index (κ2) is 2.19. The predicted octanol–water partition coefficient (Wildman–Crippen LogP) is 2.16. The average molecular weight is 175 g/mol. The molecule has 2 rings (SSSR count). The number of hydrogen-bond donors (Lipinski definition) is 1. The summed E-state index contributed by atoms with van der Waals surface area (Å²) in [5, 5.41) is 0. The zero-order valence-corrected chi connectivity index (χ0v) is 7.32. The largest absolute Gasteiger partial charge is 0.327 e.